The Labute approximate surface area is 94.5 Å². The molecule has 1 rings (SSSR count). The Morgan fingerprint density at radius 3 is 2.67 bits per heavy atom. The molecule has 0 aromatic rings. The highest BCUT2D eigenvalue weighted by Gasteiger charge is 2.30. The summed E-state index contributed by atoms with van der Waals surface area (Å²) in [6, 6.07) is 0. The summed E-state index contributed by atoms with van der Waals surface area (Å²) in [5.74, 6) is -0.0285. The fourth-order valence-electron chi connectivity index (χ4n) is 1.29. The standard InChI is InChI=1S/C9H18N2O3S/c1-9(2,3)14-8(13)10-5-4-6-11(10)15-7-12/h12H,4-7H2,1-3H3. The fraction of sp³-hybridized carbons (Fsp3) is 0.889. The number of nitrogens with zero attached hydrogens (tertiary/aromatic N) is 2. The van der Waals surface area contributed by atoms with Crippen LogP contribution < -0.4 is 0 Å². The highest BCUT2D eigenvalue weighted by molar-refractivity contribution is 7.96. The second-order valence-corrected chi connectivity index (χ2v) is 5.23. The number of hydrazine groups is 1. The van der Waals surface area contributed by atoms with Gasteiger partial charge in [0, 0.05) is 13.1 Å². The zero-order chi connectivity index (χ0) is 11.5. The third kappa shape index (κ3) is 3.89. The lowest BCUT2D eigenvalue weighted by atomic mass is 10.2. The SMILES string of the molecule is CC(C)(C)OC(=O)N1CCCN1SCO. The minimum absolute atomic E-state index is 0.0285. The molecule has 0 bridgehead atoms. The van der Waals surface area contributed by atoms with Crippen molar-refractivity contribution in [2.75, 3.05) is 19.0 Å². The number of aliphatic hydroxyl groups excluding tert-OH is 1. The summed E-state index contributed by atoms with van der Waals surface area (Å²) in [4.78, 5) is 11.7. The van der Waals surface area contributed by atoms with Crippen molar-refractivity contribution < 1.29 is 14.6 Å². The van der Waals surface area contributed by atoms with E-state index in [1.54, 1.807) is 4.41 Å². The highest BCUT2D eigenvalue weighted by atomic mass is 32.2. The first kappa shape index (κ1) is 12.6. The van der Waals surface area contributed by atoms with Crippen LogP contribution in [0.2, 0.25) is 0 Å². The minimum atomic E-state index is -0.477. The molecule has 1 amide bonds. The average Bonchev–Trinajstić information content (AvgIpc) is 2.49. The quantitative estimate of drug-likeness (QED) is 0.579. The van der Waals surface area contributed by atoms with Gasteiger partial charge in [-0.15, -0.1) is 0 Å². The lowest BCUT2D eigenvalue weighted by Gasteiger charge is -2.29. The molecule has 1 aliphatic heterocycles. The number of ether oxygens (including phenoxy) is 1. The molecule has 1 aliphatic rings. The van der Waals surface area contributed by atoms with E-state index in [2.05, 4.69) is 0 Å². The van der Waals surface area contributed by atoms with Crippen molar-refractivity contribution in [2.45, 2.75) is 32.8 Å². The van der Waals surface area contributed by atoms with Crippen LogP contribution in [-0.4, -0.2) is 45.3 Å². The van der Waals surface area contributed by atoms with Crippen molar-refractivity contribution in [1.29, 1.82) is 0 Å². The summed E-state index contributed by atoms with van der Waals surface area (Å²) < 4.78 is 6.99. The Kier molecular flexibility index (Phi) is 4.24. The van der Waals surface area contributed by atoms with Gasteiger partial charge in [0.15, 0.2) is 0 Å². The second kappa shape index (κ2) is 5.05. The molecule has 0 spiro atoms. The van der Waals surface area contributed by atoms with Crippen LogP contribution in [0.4, 0.5) is 4.79 Å². The number of hydrogen-bond acceptors (Lipinski definition) is 5. The molecule has 0 radical (unpaired) electrons. The molecule has 1 heterocycles. The third-order valence-electron chi connectivity index (χ3n) is 1.80. The van der Waals surface area contributed by atoms with Crippen LogP contribution in [0.25, 0.3) is 0 Å². The maximum Gasteiger partial charge on any atom is 0.425 e. The molecule has 0 aromatic carbocycles. The van der Waals surface area contributed by atoms with E-state index in [-0.39, 0.29) is 12.0 Å². The molecule has 0 unspecified atom stereocenters. The molecule has 0 saturated carbocycles. The van der Waals surface area contributed by atoms with Crippen molar-refractivity contribution in [3.63, 3.8) is 0 Å². The van der Waals surface area contributed by atoms with Gasteiger partial charge in [0.2, 0.25) is 0 Å². The normalized spacial score (nSPS) is 18.3. The molecule has 6 heteroatoms. The van der Waals surface area contributed by atoms with Crippen LogP contribution in [0.5, 0.6) is 0 Å². The average molecular weight is 234 g/mol. The van der Waals surface area contributed by atoms with Crippen molar-refractivity contribution in [2.24, 2.45) is 0 Å². The van der Waals surface area contributed by atoms with Crippen LogP contribution in [0.1, 0.15) is 27.2 Å². The number of aliphatic hydroxyl groups is 1. The molecule has 88 valence electrons. The summed E-state index contributed by atoms with van der Waals surface area (Å²) in [7, 11) is 0. The number of rotatable bonds is 2. The van der Waals surface area contributed by atoms with E-state index >= 15 is 0 Å². The summed E-state index contributed by atoms with van der Waals surface area (Å²) in [6.07, 6.45) is 0.563. The van der Waals surface area contributed by atoms with Gasteiger partial charge in [-0.2, -0.15) is 4.41 Å². The largest absolute Gasteiger partial charge is 0.443 e. The molecule has 1 saturated heterocycles. The minimum Gasteiger partial charge on any atom is -0.443 e. The lowest BCUT2D eigenvalue weighted by molar-refractivity contribution is 0.00288. The summed E-state index contributed by atoms with van der Waals surface area (Å²) in [5.41, 5.74) is -0.477. The first-order chi connectivity index (χ1) is 6.94. The predicted octanol–water partition coefficient (Wildman–Crippen LogP) is 1.44. The third-order valence-corrected chi connectivity index (χ3v) is 2.59. The van der Waals surface area contributed by atoms with Gasteiger partial charge in [0.25, 0.3) is 0 Å². The highest BCUT2D eigenvalue weighted by Crippen LogP contribution is 2.22. The van der Waals surface area contributed by atoms with E-state index in [1.165, 1.54) is 17.0 Å². The van der Waals surface area contributed by atoms with E-state index in [9.17, 15) is 4.79 Å². The zero-order valence-corrected chi connectivity index (χ0v) is 10.2. The van der Waals surface area contributed by atoms with E-state index < -0.39 is 5.60 Å². The van der Waals surface area contributed by atoms with Crippen LogP contribution in [-0.2, 0) is 4.74 Å². The lowest BCUT2D eigenvalue weighted by Crippen LogP contribution is -2.41. The Morgan fingerprint density at radius 2 is 2.13 bits per heavy atom. The van der Waals surface area contributed by atoms with Gasteiger partial charge in [-0.05, 0) is 39.1 Å². The summed E-state index contributed by atoms with van der Waals surface area (Å²) in [5, 5.41) is 10.3. The van der Waals surface area contributed by atoms with Gasteiger partial charge in [-0.3, -0.25) is 0 Å². The van der Waals surface area contributed by atoms with Gasteiger partial charge in [-0.25, -0.2) is 9.80 Å². The van der Waals surface area contributed by atoms with E-state index in [0.717, 1.165) is 13.0 Å². The smallest absolute Gasteiger partial charge is 0.425 e. The Balaban J connectivity index is 2.51. The van der Waals surface area contributed by atoms with Gasteiger partial charge >= 0.3 is 6.09 Å². The molecule has 0 aromatic heterocycles. The van der Waals surface area contributed by atoms with Gasteiger partial charge in [0.05, 0.1) is 0 Å². The molecule has 1 fully saturated rings. The van der Waals surface area contributed by atoms with Crippen molar-refractivity contribution in [3.05, 3.63) is 0 Å². The molecule has 1 N–H and O–H groups in total. The zero-order valence-electron chi connectivity index (χ0n) is 9.39. The number of carbonyl (C=O) groups is 1. The Bertz CT molecular complexity index is 230. The molecule has 0 aliphatic carbocycles. The van der Waals surface area contributed by atoms with Crippen LogP contribution in [0, 0.1) is 0 Å². The monoisotopic (exact) mass is 234 g/mol. The predicted molar refractivity (Wildman–Crippen MR) is 58.9 cm³/mol. The van der Waals surface area contributed by atoms with E-state index in [4.69, 9.17) is 9.84 Å². The summed E-state index contributed by atoms with van der Waals surface area (Å²) >= 11 is 1.22. The molecule has 15 heavy (non-hydrogen) atoms. The van der Waals surface area contributed by atoms with Crippen molar-refractivity contribution in [1.82, 2.24) is 9.42 Å². The Morgan fingerprint density at radius 1 is 1.47 bits per heavy atom. The fourth-order valence-corrected chi connectivity index (χ4v) is 1.97. The van der Waals surface area contributed by atoms with Gasteiger partial charge in [-0.1, -0.05) is 0 Å². The Hall–Kier alpha value is -0.460. The van der Waals surface area contributed by atoms with Crippen molar-refractivity contribution in [3.8, 4) is 0 Å². The topological polar surface area (TPSA) is 53.0 Å². The number of carbonyl (C=O) groups excluding carboxylic acids is 1. The molecule has 5 nitrogen and oxygen atoms in total. The van der Waals surface area contributed by atoms with E-state index in [0.29, 0.717) is 6.54 Å². The van der Waals surface area contributed by atoms with Crippen molar-refractivity contribution >= 4 is 18.0 Å². The molecular formula is C9H18N2O3S. The van der Waals surface area contributed by atoms with Crippen LogP contribution in [0.3, 0.4) is 0 Å². The summed E-state index contributed by atoms with van der Waals surface area (Å²) in [6.45, 7) is 6.94. The maximum absolute atomic E-state index is 11.7. The number of hydrogen-bond donors (Lipinski definition) is 1. The van der Waals surface area contributed by atoms with Crippen LogP contribution >= 0.6 is 11.9 Å². The van der Waals surface area contributed by atoms with Gasteiger partial charge in [0.1, 0.15) is 11.5 Å². The van der Waals surface area contributed by atoms with Gasteiger partial charge < -0.3 is 9.84 Å². The maximum atomic E-state index is 11.7. The second-order valence-electron chi connectivity index (χ2n) is 4.29. The molecular weight excluding hydrogens is 216 g/mol. The first-order valence-electron chi connectivity index (χ1n) is 4.96. The van der Waals surface area contributed by atoms with Crippen LogP contribution in [0.15, 0.2) is 0 Å². The van der Waals surface area contributed by atoms with E-state index in [1.807, 2.05) is 20.8 Å². The molecule has 0 atom stereocenters. The number of amides is 1. The first-order valence-corrected chi connectivity index (χ1v) is 5.90.